The number of carboxylic acids is 4. The van der Waals surface area contributed by atoms with Crippen LogP contribution in [0, 0.1) is 17.7 Å². The van der Waals surface area contributed by atoms with E-state index in [4.69, 9.17) is 40.9 Å². The highest BCUT2D eigenvalue weighted by Gasteiger charge is 2.30. The fourth-order valence-corrected chi connectivity index (χ4v) is 3.46. The molecule has 1 saturated heterocycles. The van der Waals surface area contributed by atoms with E-state index in [2.05, 4.69) is 11.4 Å². The molecule has 1 fully saturated rings. The van der Waals surface area contributed by atoms with Gasteiger partial charge in [0.15, 0.2) is 24.4 Å². The van der Waals surface area contributed by atoms with Gasteiger partial charge in [0.05, 0.1) is 0 Å². The number of hydrogen-bond acceptors (Lipinski definition) is 9. The Morgan fingerprint density at radius 1 is 0.806 bits per heavy atom. The average molecular weight is 517 g/mol. The highest BCUT2D eigenvalue weighted by atomic mass is 19.1. The van der Waals surface area contributed by atoms with Crippen LogP contribution in [0.25, 0.3) is 5.57 Å². The minimum atomic E-state index is -2.27. The summed E-state index contributed by atoms with van der Waals surface area (Å²) in [7, 11) is 0. The van der Waals surface area contributed by atoms with Gasteiger partial charge >= 0.3 is 23.9 Å². The Hall–Kier alpha value is -3.43. The summed E-state index contributed by atoms with van der Waals surface area (Å²) in [6.07, 6.45) is -4.35. The Labute approximate surface area is 203 Å². The molecule has 9 N–H and O–H groups in total. The molecule has 0 amide bonds. The topological polar surface area (TPSA) is 242 Å². The minimum absolute atomic E-state index is 0.132. The normalized spacial score (nSPS) is 21.5. The molecular formula is C22H28FNO12. The fourth-order valence-electron chi connectivity index (χ4n) is 3.46. The van der Waals surface area contributed by atoms with Gasteiger partial charge in [-0.3, -0.25) is 0 Å². The third kappa shape index (κ3) is 9.67. The molecule has 0 saturated carbocycles. The number of fused-ring (bicyclic) bond motifs is 2. The van der Waals surface area contributed by atoms with Gasteiger partial charge in [0.2, 0.25) is 0 Å². The Balaban J connectivity index is 0.000000287. The van der Waals surface area contributed by atoms with Crippen LogP contribution < -0.4 is 5.32 Å². The van der Waals surface area contributed by atoms with Gasteiger partial charge in [-0.1, -0.05) is 18.2 Å². The van der Waals surface area contributed by atoms with Crippen LogP contribution in [0.5, 0.6) is 0 Å². The molecule has 2 unspecified atom stereocenters. The van der Waals surface area contributed by atoms with Crippen LogP contribution in [-0.4, -0.2) is 102 Å². The molecule has 13 nitrogen and oxygen atoms in total. The van der Waals surface area contributed by atoms with E-state index >= 15 is 0 Å². The molecule has 3 rings (SSSR count). The molecule has 14 heteroatoms. The van der Waals surface area contributed by atoms with Crippen molar-refractivity contribution in [1.29, 1.82) is 0 Å². The molecule has 2 bridgehead atoms. The van der Waals surface area contributed by atoms with E-state index in [0.29, 0.717) is 5.92 Å². The number of halogens is 1. The molecule has 36 heavy (non-hydrogen) atoms. The van der Waals surface area contributed by atoms with Crippen LogP contribution in [0.2, 0.25) is 0 Å². The van der Waals surface area contributed by atoms with Gasteiger partial charge in [-0.15, -0.1) is 0 Å². The molecule has 6 atom stereocenters. The van der Waals surface area contributed by atoms with Crippen molar-refractivity contribution in [3.05, 3.63) is 41.7 Å². The molecule has 0 aromatic heterocycles. The zero-order chi connectivity index (χ0) is 27.6. The Morgan fingerprint density at radius 3 is 1.67 bits per heavy atom. The van der Waals surface area contributed by atoms with E-state index in [1.165, 1.54) is 18.1 Å². The zero-order valence-electron chi connectivity index (χ0n) is 18.8. The number of carbonyl (C=O) groups is 4. The SMILES string of the molecule is Fc1cccc(C2=CC3CNCC(C2)C3)c1.O=C(O)[C@H](O)[C@@H](O)C(=O)O.O=C(O)[C@H](O)[C@@H](O)C(=O)O. The van der Waals surface area contributed by atoms with Gasteiger partial charge in [-0.05, 0) is 54.5 Å². The highest BCUT2D eigenvalue weighted by molar-refractivity contribution is 5.83. The van der Waals surface area contributed by atoms with E-state index in [0.717, 1.165) is 31.0 Å². The first-order chi connectivity index (χ1) is 16.7. The van der Waals surface area contributed by atoms with Crippen molar-refractivity contribution in [3.63, 3.8) is 0 Å². The van der Waals surface area contributed by atoms with Gasteiger partial charge in [0, 0.05) is 6.54 Å². The molecule has 1 aromatic carbocycles. The predicted molar refractivity (Wildman–Crippen MR) is 118 cm³/mol. The summed E-state index contributed by atoms with van der Waals surface area (Å²) in [5.74, 6) is -5.82. The van der Waals surface area contributed by atoms with Gasteiger partial charge in [0.25, 0.3) is 0 Å². The monoisotopic (exact) mass is 517 g/mol. The Kier molecular flexibility index (Phi) is 12.1. The summed E-state index contributed by atoms with van der Waals surface area (Å²) in [6.45, 7) is 2.19. The summed E-state index contributed by atoms with van der Waals surface area (Å²) >= 11 is 0. The molecule has 200 valence electrons. The van der Waals surface area contributed by atoms with Crippen LogP contribution in [0.1, 0.15) is 18.4 Å². The van der Waals surface area contributed by atoms with Crippen LogP contribution in [0.15, 0.2) is 30.3 Å². The lowest BCUT2D eigenvalue weighted by Gasteiger charge is -2.34. The van der Waals surface area contributed by atoms with E-state index in [1.807, 2.05) is 6.07 Å². The number of carboxylic acid groups (broad SMARTS) is 4. The maximum Gasteiger partial charge on any atom is 0.335 e. The van der Waals surface area contributed by atoms with E-state index in [-0.39, 0.29) is 5.82 Å². The third-order valence-electron chi connectivity index (χ3n) is 5.23. The first-order valence-corrected chi connectivity index (χ1v) is 10.5. The van der Waals surface area contributed by atoms with Crippen molar-refractivity contribution in [3.8, 4) is 0 Å². The highest BCUT2D eigenvalue weighted by Crippen LogP contribution is 2.35. The molecule has 0 spiro atoms. The number of aliphatic carboxylic acids is 4. The number of aliphatic hydroxyl groups is 4. The van der Waals surface area contributed by atoms with Crippen LogP contribution >= 0.6 is 0 Å². The molecule has 2 aliphatic rings. The minimum Gasteiger partial charge on any atom is -0.479 e. The molecule has 1 aliphatic carbocycles. The van der Waals surface area contributed by atoms with E-state index < -0.39 is 48.3 Å². The van der Waals surface area contributed by atoms with Crippen LogP contribution in [0.4, 0.5) is 4.39 Å². The number of hydrogen-bond donors (Lipinski definition) is 9. The van der Waals surface area contributed by atoms with Crippen molar-refractivity contribution in [2.45, 2.75) is 37.3 Å². The second kappa shape index (κ2) is 14.2. The standard InChI is InChI=1S/C14H16FN.2C4H6O6/c15-14-3-1-2-12(7-14)13-5-10-4-11(6-13)9-16-8-10;2*5-1(3(7)8)2(6)4(9)10/h1-3,5,7,10-11,16H,4,6,8-9H2;2*1-2,5-6H,(H,7,8)(H,9,10)/t;2*1-,2-/m.11/s1. The first-order valence-electron chi connectivity index (χ1n) is 10.5. The molecule has 1 heterocycles. The second-order valence-electron chi connectivity index (χ2n) is 8.06. The van der Waals surface area contributed by atoms with Gasteiger partial charge in [-0.2, -0.15) is 0 Å². The fraction of sp³-hybridized carbons (Fsp3) is 0.455. The summed E-state index contributed by atoms with van der Waals surface area (Å²) in [5, 5.41) is 68.5. The maximum atomic E-state index is 13.2. The van der Waals surface area contributed by atoms with Gasteiger partial charge in [0.1, 0.15) is 5.82 Å². The average Bonchev–Trinajstić information content (AvgIpc) is 2.82. The van der Waals surface area contributed by atoms with Crippen LogP contribution in [0.3, 0.4) is 0 Å². The quantitative estimate of drug-likeness (QED) is 0.202. The predicted octanol–water partition coefficient (Wildman–Crippen LogP) is -1.41. The van der Waals surface area contributed by atoms with Crippen molar-refractivity contribution in [2.75, 3.05) is 13.1 Å². The second-order valence-corrected chi connectivity index (χ2v) is 8.06. The number of piperidine rings is 1. The number of rotatable bonds is 7. The van der Waals surface area contributed by atoms with E-state index in [9.17, 15) is 23.6 Å². The van der Waals surface area contributed by atoms with Crippen molar-refractivity contribution in [1.82, 2.24) is 5.32 Å². The van der Waals surface area contributed by atoms with Crippen molar-refractivity contribution in [2.24, 2.45) is 11.8 Å². The molecule has 0 radical (unpaired) electrons. The lowest BCUT2D eigenvalue weighted by Crippen LogP contribution is -2.39. The number of aliphatic hydroxyl groups excluding tert-OH is 4. The third-order valence-corrected chi connectivity index (χ3v) is 5.23. The summed E-state index contributed by atoms with van der Waals surface area (Å²) in [5.41, 5.74) is 2.40. The molecular weight excluding hydrogens is 489 g/mol. The lowest BCUT2D eigenvalue weighted by atomic mass is 9.78. The lowest BCUT2D eigenvalue weighted by molar-refractivity contribution is -0.165. The van der Waals surface area contributed by atoms with Crippen molar-refractivity contribution < 1.29 is 64.4 Å². The number of nitrogens with one attached hydrogen (secondary N) is 1. The summed E-state index contributed by atoms with van der Waals surface area (Å²) in [4.78, 5) is 39.1. The van der Waals surface area contributed by atoms with E-state index in [1.54, 1.807) is 12.1 Å². The summed E-state index contributed by atoms with van der Waals surface area (Å²) in [6, 6.07) is 6.98. The Morgan fingerprint density at radius 2 is 1.28 bits per heavy atom. The van der Waals surface area contributed by atoms with Gasteiger partial charge in [-0.25, -0.2) is 23.6 Å². The number of benzene rings is 1. The van der Waals surface area contributed by atoms with Crippen molar-refractivity contribution >= 4 is 29.5 Å². The number of allylic oxidation sites excluding steroid dienone is 1. The molecule has 1 aliphatic heterocycles. The smallest absolute Gasteiger partial charge is 0.335 e. The van der Waals surface area contributed by atoms with Gasteiger partial charge < -0.3 is 46.2 Å². The first kappa shape index (κ1) is 30.6. The molecule has 1 aromatic rings. The largest absolute Gasteiger partial charge is 0.479 e. The zero-order valence-corrected chi connectivity index (χ0v) is 18.8. The Bertz CT molecular complexity index is 896. The summed E-state index contributed by atoms with van der Waals surface area (Å²) < 4.78 is 13.2. The van der Waals surface area contributed by atoms with Crippen LogP contribution in [-0.2, 0) is 19.2 Å². The maximum absolute atomic E-state index is 13.2.